The van der Waals surface area contributed by atoms with E-state index in [9.17, 15) is 14.4 Å². The molecule has 0 aliphatic carbocycles. The topological polar surface area (TPSA) is 109 Å². The molecule has 1 atom stereocenters. The number of benzene rings is 1. The van der Waals surface area contributed by atoms with E-state index >= 15 is 0 Å². The Balaban J connectivity index is 1.65. The van der Waals surface area contributed by atoms with Gasteiger partial charge in [0.05, 0.1) is 4.88 Å². The number of furan rings is 1. The van der Waals surface area contributed by atoms with Crippen LogP contribution in [0.15, 0.2) is 64.4 Å². The molecule has 3 N–H and O–H groups in total. The van der Waals surface area contributed by atoms with Crippen molar-refractivity contribution in [2.45, 2.75) is 25.4 Å². The number of hydrogen-bond acceptors (Lipinski definition) is 5. The highest BCUT2D eigenvalue weighted by atomic mass is 32.1. The number of carbonyl (C=O) groups excluding carboxylic acids is 2. The maximum atomic E-state index is 12.5. The number of thiophene rings is 1. The minimum absolute atomic E-state index is 0.0276. The van der Waals surface area contributed by atoms with Crippen LogP contribution in [0.2, 0.25) is 0 Å². The van der Waals surface area contributed by atoms with E-state index < -0.39 is 23.8 Å². The standard InChI is InChI=1S/C21H20N2O5S/c24-19(25)11-8-15(20(26)22-13-14-5-2-1-3-6-14)23-21(27)17-10-9-16(28-17)18-7-4-12-29-18/h1-7,9-10,12,15H,8,11,13H2,(H,22,26)(H,23,27)(H,24,25)/t15-/m0/s1. The van der Waals surface area contributed by atoms with Crippen molar-refractivity contribution >= 4 is 29.1 Å². The maximum Gasteiger partial charge on any atom is 0.303 e. The number of nitrogens with one attached hydrogen (secondary N) is 2. The zero-order valence-electron chi connectivity index (χ0n) is 15.5. The highest BCUT2D eigenvalue weighted by Gasteiger charge is 2.24. The zero-order valence-corrected chi connectivity index (χ0v) is 16.3. The van der Waals surface area contributed by atoms with E-state index in [1.165, 1.54) is 17.4 Å². The first kappa shape index (κ1) is 20.3. The van der Waals surface area contributed by atoms with Crippen molar-refractivity contribution in [2.24, 2.45) is 0 Å². The van der Waals surface area contributed by atoms with Gasteiger partial charge in [0.15, 0.2) is 5.76 Å². The van der Waals surface area contributed by atoms with Crippen LogP contribution >= 0.6 is 11.3 Å². The number of amides is 2. The minimum Gasteiger partial charge on any atom is -0.481 e. The lowest BCUT2D eigenvalue weighted by Crippen LogP contribution is -2.46. The summed E-state index contributed by atoms with van der Waals surface area (Å²) in [4.78, 5) is 36.9. The molecule has 0 bridgehead atoms. The van der Waals surface area contributed by atoms with Crippen LogP contribution in [0.4, 0.5) is 0 Å². The van der Waals surface area contributed by atoms with Gasteiger partial charge < -0.3 is 20.2 Å². The summed E-state index contributed by atoms with van der Waals surface area (Å²) in [5.41, 5.74) is 0.899. The van der Waals surface area contributed by atoms with Crippen molar-refractivity contribution < 1.29 is 23.9 Å². The van der Waals surface area contributed by atoms with Crippen LogP contribution in [0.1, 0.15) is 29.0 Å². The van der Waals surface area contributed by atoms with Crippen LogP contribution in [0.3, 0.4) is 0 Å². The molecule has 2 aromatic heterocycles. The smallest absolute Gasteiger partial charge is 0.303 e. The second-order valence-corrected chi connectivity index (χ2v) is 7.25. The molecule has 1 aromatic carbocycles. The van der Waals surface area contributed by atoms with Crippen LogP contribution in [0, 0.1) is 0 Å². The third-order valence-corrected chi connectivity index (χ3v) is 5.06. The monoisotopic (exact) mass is 412 g/mol. The van der Waals surface area contributed by atoms with Gasteiger partial charge in [-0.2, -0.15) is 0 Å². The lowest BCUT2D eigenvalue weighted by atomic mass is 10.1. The summed E-state index contributed by atoms with van der Waals surface area (Å²) in [6.45, 7) is 0.280. The summed E-state index contributed by atoms with van der Waals surface area (Å²) in [7, 11) is 0. The van der Waals surface area contributed by atoms with Crippen molar-refractivity contribution in [3.63, 3.8) is 0 Å². The third kappa shape index (κ3) is 5.79. The van der Waals surface area contributed by atoms with E-state index in [0.29, 0.717) is 5.76 Å². The molecule has 0 unspecified atom stereocenters. The summed E-state index contributed by atoms with van der Waals surface area (Å²) < 4.78 is 5.58. The zero-order chi connectivity index (χ0) is 20.6. The number of carboxylic acid groups (broad SMARTS) is 1. The highest BCUT2D eigenvalue weighted by Crippen LogP contribution is 2.26. The SMILES string of the molecule is O=C(O)CC[C@H](NC(=O)c1ccc(-c2cccs2)o1)C(=O)NCc1ccccc1. The first-order chi connectivity index (χ1) is 14.0. The molecule has 0 fully saturated rings. The van der Waals surface area contributed by atoms with Gasteiger partial charge in [0.1, 0.15) is 11.8 Å². The van der Waals surface area contributed by atoms with Gasteiger partial charge >= 0.3 is 5.97 Å². The van der Waals surface area contributed by atoms with Crippen LogP contribution < -0.4 is 10.6 Å². The summed E-state index contributed by atoms with van der Waals surface area (Å²) >= 11 is 1.48. The quantitative estimate of drug-likeness (QED) is 0.500. The van der Waals surface area contributed by atoms with Crippen molar-refractivity contribution in [1.82, 2.24) is 10.6 Å². The Hall–Kier alpha value is -3.39. The number of hydrogen-bond donors (Lipinski definition) is 3. The molecule has 0 saturated carbocycles. The van der Waals surface area contributed by atoms with E-state index in [0.717, 1.165) is 10.4 Å². The van der Waals surface area contributed by atoms with E-state index in [1.54, 1.807) is 6.07 Å². The van der Waals surface area contributed by atoms with Crippen LogP contribution in [-0.4, -0.2) is 28.9 Å². The minimum atomic E-state index is -1.04. The fraction of sp³-hybridized carbons (Fsp3) is 0.190. The van der Waals surface area contributed by atoms with Gasteiger partial charge in [0.2, 0.25) is 5.91 Å². The van der Waals surface area contributed by atoms with Gasteiger partial charge in [-0.3, -0.25) is 14.4 Å². The second-order valence-electron chi connectivity index (χ2n) is 6.30. The van der Waals surface area contributed by atoms with E-state index in [2.05, 4.69) is 10.6 Å². The van der Waals surface area contributed by atoms with Crippen LogP contribution in [-0.2, 0) is 16.1 Å². The molecule has 150 valence electrons. The molecule has 0 radical (unpaired) electrons. The molecule has 0 aliphatic rings. The lowest BCUT2D eigenvalue weighted by Gasteiger charge is -2.17. The third-order valence-electron chi connectivity index (χ3n) is 4.17. The predicted molar refractivity (Wildman–Crippen MR) is 108 cm³/mol. The van der Waals surface area contributed by atoms with Crippen molar-refractivity contribution in [2.75, 3.05) is 0 Å². The molecule has 8 heteroatoms. The second kappa shape index (κ2) is 9.70. The van der Waals surface area contributed by atoms with Crippen molar-refractivity contribution in [1.29, 1.82) is 0 Å². The molecule has 3 rings (SSSR count). The fourth-order valence-corrected chi connectivity index (χ4v) is 3.37. The van der Waals surface area contributed by atoms with Gasteiger partial charge in [-0.05, 0) is 35.6 Å². The van der Waals surface area contributed by atoms with Gasteiger partial charge in [0.25, 0.3) is 5.91 Å². The Labute approximate surface area is 171 Å². The average Bonchev–Trinajstić information content (AvgIpc) is 3.41. The average molecular weight is 412 g/mol. The molecule has 2 amide bonds. The maximum absolute atomic E-state index is 12.5. The lowest BCUT2D eigenvalue weighted by molar-refractivity contribution is -0.137. The van der Waals surface area contributed by atoms with E-state index in [1.807, 2.05) is 47.8 Å². The van der Waals surface area contributed by atoms with Gasteiger partial charge in [-0.15, -0.1) is 11.3 Å². The molecule has 7 nitrogen and oxygen atoms in total. The van der Waals surface area contributed by atoms with Crippen LogP contribution in [0.5, 0.6) is 0 Å². The number of rotatable bonds is 9. The molecule has 0 spiro atoms. The largest absolute Gasteiger partial charge is 0.481 e. The highest BCUT2D eigenvalue weighted by molar-refractivity contribution is 7.13. The molecule has 0 aliphatic heterocycles. The summed E-state index contributed by atoms with van der Waals surface area (Å²) in [5.74, 6) is -1.45. The Bertz CT molecular complexity index is 966. The normalized spacial score (nSPS) is 11.6. The van der Waals surface area contributed by atoms with Gasteiger partial charge in [0, 0.05) is 13.0 Å². The first-order valence-electron chi connectivity index (χ1n) is 9.01. The molecule has 2 heterocycles. The summed E-state index contributed by atoms with van der Waals surface area (Å²) in [6, 6.07) is 15.3. The molecule has 29 heavy (non-hydrogen) atoms. The molecule has 3 aromatic rings. The fourth-order valence-electron chi connectivity index (χ4n) is 2.69. The van der Waals surface area contributed by atoms with Crippen molar-refractivity contribution in [3.8, 4) is 10.6 Å². The predicted octanol–water partition coefficient (Wildman–Crippen LogP) is 3.29. The molecular weight excluding hydrogens is 392 g/mol. The Morgan fingerprint density at radius 2 is 1.83 bits per heavy atom. The summed E-state index contributed by atoms with van der Waals surface area (Å²) in [6.07, 6.45) is -0.275. The number of carboxylic acids is 1. The summed E-state index contributed by atoms with van der Waals surface area (Å²) in [5, 5.41) is 16.2. The first-order valence-corrected chi connectivity index (χ1v) is 9.89. The Morgan fingerprint density at radius 1 is 1.03 bits per heavy atom. The van der Waals surface area contributed by atoms with Gasteiger partial charge in [-0.1, -0.05) is 36.4 Å². The van der Waals surface area contributed by atoms with Crippen molar-refractivity contribution in [3.05, 3.63) is 71.3 Å². The Kier molecular flexibility index (Phi) is 6.80. The van der Waals surface area contributed by atoms with E-state index in [4.69, 9.17) is 9.52 Å². The number of aliphatic carboxylic acids is 1. The van der Waals surface area contributed by atoms with E-state index in [-0.39, 0.29) is 25.1 Å². The molecule has 0 saturated heterocycles. The number of carbonyl (C=O) groups is 3. The van der Waals surface area contributed by atoms with Gasteiger partial charge in [-0.25, -0.2) is 0 Å². The molecular formula is C21H20N2O5S. The van der Waals surface area contributed by atoms with Crippen LogP contribution in [0.25, 0.3) is 10.6 Å². The Morgan fingerprint density at radius 3 is 2.52 bits per heavy atom.